The van der Waals surface area contributed by atoms with Gasteiger partial charge in [0.25, 0.3) is 5.91 Å². The number of rotatable bonds is 4. The lowest BCUT2D eigenvalue weighted by molar-refractivity contribution is 0.0946. The zero-order valence-electron chi connectivity index (χ0n) is 11.4. The number of halogens is 2. The third-order valence-corrected chi connectivity index (χ3v) is 4.13. The molecule has 0 saturated heterocycles. The Morgan fingerprint density at radius 2 is 2.00 bits per heavy atom. The Kier molecular flexibility index (Phi) is 4.73. The molecule has 1 N–H and O–H groups in total. The highest BCUT2D eigenvalue weighted by Crippen LogP contribution is 2.24. The first kappa shape index (κ1) is 14.9. The third kappa shape index (κ3) is 3.17. The summed E-state index contributed by atoms with van der Waals surface area (Å²) in [5.74, 6) is -0.171. The van der Waals surface area contributed by atoms with Crippen LogP contribution in [0.4, 0.5) is 0 Å². The first-order valence-electron chi connectivity index (χ1n) is 6.34. The number of amides is 1. The van der Waals surface area contributed by atoms with Crippen LogP contribution in [-0.4, -0.2) is 17.0 Å². The molecule has 0 aliphatic heterocycles. The van der Waals surface area contributed by atoms with Crippen molar-refractivity contribution in [2.75, 3.05) is 6.54 Å². The van der Waals surface area contributed by atoms with Crippen LogP contribution in [-0.2, 0) is 13.5 Å². The molecule has 0 bridgehead atoms. The molecule has 20 heavy (non-hydrogen) atoms. The fraction of sp³-hybridized carbons (Fsp3) is 0.267. The fourth-order valence-electron chi connectivity index (χ4n) is 2.05. The van der Waals surface area contributed by atoms with Crippen molar-refractivity contribution < 1.29 is 4.79 Å². The van der Waals surface area contributed by atoms with Gasteiger partial charge < -0.3 is 9.88 Å². The molecular formula is C15H16Cl2N2O. The molecule has 0 aliphatic carbocycles. The molecule has 0 atom stereocenters. The summed E-state index contributed by atoms with van der Waals surface area (Å²) < 4.78 is 1.58. The van der Waals surface area contributed by atoms with Crippen LogP contribution in [0.1, 0.15) is 21.6 Å². The maximum atomic E-state index is 12.1. The van der Waals surface area contributed by atoms with Crippen LogP contribution < -0.4 is 5.32 Å². The summed E-state index contributed by atoms with van der Waals surface area (Å²) in [5, 5.41) is 3.64. The maximum absolute atomic E-state index is 12.1. The molecule has 0 radical (unpaired) electrons. The summed E-state index contributed by atoms with van der Waals surface area (Å²) in [5.41, 5.74) is 2.92. The van der Waals surface area contributed by atoms with E-state index in [9.17, 15) is 4.79 Å². The zero-order valence-corrected chi connectivity index (χ0v) is 12.9. The van der Waals surface area contributed by atoms with Crippen LogP contribution in [0.25, 0.3) is 0 Å². The van der Waals surface area contributed by atoms with Crippen LogP contribution in [0, 0.1) is 6.92 Å². The Bertz CT molecular complexity index is 635. The lowest BCUT2D eigenvalue weighted by atomic mass is 10.1. The number of nitrogens with zero attached hydrogens (tertiary/aromatic N) is 1. The number of nitrogens with one attached hydrogen (secondary N) is 1. The van der Waals surface area contributed by atoms with Crippen molar-refractivity contribution in [3.8, 4) is 0 Å². The van der Waals surface area contributed by atoms with Crippen molar-refractivity contribution in [3.63, 3.8) is 0 Å². The van der Waals surface area contributed by atoms with Gasteiger partial charge in [-0.15, -0.1) is 0 Å². The molecule has 106 valence electrons. The lowest BCUT2D eigenvalue weighted by Gasteiger charge is -2.08. The van der Waals surface area contributed by atoms with Crippen molar-refractivity contribution >= 4 is 29.1 Å². The van der Waals surface area contributed by atoms with Crippen molar-refractivity contribution in [2.45, 2.75) is 13.3 Å². The highest BCUT2D eigenvalue weighted by Gasteiger charge is 2.15. The van der Waals surface area contributed by atoms with Gasteiger partial charge in [-0.2, -0.15) is 0 Å². The van der Waals surface area contributed by atoms with Crippen molar-refractivity contribution in [1.29, 1.82) is 0 Å². The van der Waals surface area contributed by atoms with E-state index in [-0.39, 0.29) is 5.91 Å². The van der Waals surface area contributed by atoms with E-state index in [2.05, 4.69) is 24.4 Å². The van der Waals surface area contributed by atoms with Gasteiger partial charge in [0.15, 0.2) is 0 Å². The van der Waals surface area contributed by atoms with Gasteiger partial charge in [-0.1, -0.05) is 47.5 Å². The van der Waals surface area contributed by atoms with Gasteiger partial charge >= 0.3 is 0 Å². The van der Waals surface area contributed by atoms with E-state index in [0.717, 1.165) is 6.42 Å². The largest absolute Gasteiger partial charge is 0.350 e. The van der Waals surface area contributed by atoms with Crippen LogP contribution >= 0.6 is 23.2 Å². The Labute approximate surface area is 128 Å². The van der Waals surface area contributed by atoms with Gasteiger partial charge in [-0.3, -0.25) is 4.79 Å². The Hall–Kier alpha value is -1.45. The summed E-state index contributed by atoms with van der Waals surface area (Å²) in [7, 11) is 1.71. The highest BCUT2D eigenvalue weighted by atomic mass is 35.5. The van der Waals surface area contributed by atoms with Gasteiger partial charge in [0.1, 0.15) is 10.8 Å². The van der Waals surface area contributed by atoms with E-state index in [0.29, 0.717) is 22.4 Å². The fourth-order valence-corrected chi connectivity index (χ4v) is 2.43. The van der Waals surface area contributed by atoms with Gasteiger partial charge in [0.2, 0.25) is 0 Å². The highest BCUT2D eigenvalue weighted by molar-refractivity contribution is 6.41. The number of carbonyl (C=O) groups is 1. The van der Waals surface area contributed by atoms with E-state index in [1.54, 1.807) is 17.7 Å². The van der Waals surface area contributed by atoms with Crippen LogP contribution in [0.5, 0.6) is 0 Å². The minimum absolute atomic E-state index is 0.171. The standard InChI is InChI=1S/C15H16Cl2N2O/c1-10-5-3-4-6-11(10)7-8-18-15(20)13-9-12(16)14(17)19(13)2/h3-6,9H,7-8H2,1-2H3,(H,18,20). The Morgan fingerprint density at radius 3 is 2.60 bits per heavy atom. The van der Waals surface area contributed by atoms with Crippen molar-refractivity contribution in [1.82, 2.24) is 9.88 Å². The van der Waals surface area contributed by atoms with Gasteiger partial charge in [-0.25, -0.2) is 0 Å². The summed E-state index contributed by atoms with van der Waals surface area (Å²) in [6.45, 7) is 2.64. The molecule has 2 rings (SSSR count). The number of carbonyl (C=O) groups excluding carboxylic acids is 1. The van der Waals surface area contributed by atoms with Crippen molar-refractivity contribution in [2.24, 2.45) is 7.05 Å². The molecule has 0 saturated carbocycles. The second-order valence-electron chi connectivity index (χ2n) is 4.66. The Morgan fingerprint density at radius 1 is 1.30 bits per heavy atom. The molecule has 0 unspecified atom stereocenters. The third-order valence-electron chi connectivity index (χ3n) is 3.29. The maximum Gasteiger partial charge on any atom is 0.268 e. The summed E-state index contributed by atoms with van der Waals surface area (Å²) in [6.07, 6.45) is 0.796. The monoisotopic (exact) mass is 310 g/mol. The second kappa shape index (κ2) is 6.33. The van der Waals surface area contributed by atoms with Crippen LogP contribution in [0.2, 0.25) is 10.2 Å². The molecule has 5 heteroatoms. The van der Waals surface area contributed by atoms with Crippen molar-refractivity contribution in [3.05, 3.63) is 57.3 Å². The van der Waals surface area contributed by atoms with Gasteiger partial charge in [0, 0.05) is 13.6 Å². The minimum atomic E-state index is -0.171. The lowest BCUT2D eigenvalue weighted by Crippen LogP contribution is -2.27. The summed E-state index contributed by atoms with van der Waals surface area (Å²) in [6, 6.07) is 9.71. The molecule has 1 amide bonds. The summed E-state index contributed by atoms with van der Waals surface area (Å²) >= 11 is 11.8. The van der Waals surface area contributed by atoms with Gasteiger partial charge in [-0.05, 0) is 30.5 Å². The molecule has 0 spiro atoms. The smallest absolute Gasteiger partial charge is 0.268 e. The first-order chi connectivity index (χ1) is 9.50. The molecule has 1 aromatic heterocycles. The van der Waals surface area contributed by atoms with Crippen LogP contribution in [0.15, 0.2) is 30.3 Å². The predicted molar refractivity (Wildman–Crippen MR) is 82.6 cm³/mol. The SMILES string of the molecule is Cc1ccccc1CCNC(=O)c1cc(Cl)c(Cl)n1C. The topological polar surface area (TPSA) is 34.0 Å². The minimum Gasteiger partial charge on any atom is -0.350 e. The number of benzene rings is 1. The van der Waals surface area contributed by atoms with E-state index >= 15 is 0 Å². The molecule has 0 fully saturated rings. The quantitative estimate of drug-likeness (QED) is 0.919. The molecule has 0 aliphatic rings. The number of aryl methyl sites for hydroxylation is 1. The molecule has 3 nitrogen and oxygen atoms in total. The molecule has 2 aromatic rings. The average Bonchev–Trinajstić information content (AvgIpc) is 2.68. The molecule has 1 heterocycles. The van der Waals surface area contributed by atoms with E-state index < -0.39 is 0 Å². The first-order valence-corrected chi connectivity index (χ1v) is 7.09. The number of hydrogen-bond donors (Lipinski definition) is 1. The van der Waals surface area contributed by atoms with E-state index in [1.165, 1.54) is 11.1 Å². The Balaban J connectivity index is 1.96. The normalized spacial score (nSPS) is 10.6. The number of aromatic nitrogens is 1. The predicted octanol–water partition coefficient (Wildman–Crippen LogP) is 3.61. The van der Waals surface area contributed by atoms with Crippen LogP contribution in [0.3, 0.4) is 0 Å². The summed E-state index contributed by atoms with van der Waals surface area (Å²) in [4.78, 5) is 12.1. The molecule has 1 aromatic carbocycles. The van der Waals surface area contributed by atoms with E-state index in [1.807, 2.05) is 12.1 Å². The van der Waals surface area contributed by atoms with E-state index in [4.69, 9.17) is 23.2 Å². The number of hydrogen-bond acceptors (Lipinski definition) is 1. The second-order valence-corrected chi connectivity index (χ2v) is 5.42. The molecular weight excluding hydrogens is 295 g/mol. The van der Waals surface area contributed by atoms with Gasteiger partial charge in [0.05, 0.1) is 5.02 Å². The zero-order chi connectivity index (χ0) is 14.7. The average molecular weight is 311 g/mol.